The summed E-state index contributed by atoms with van der Waals surface area (Å²) >= 11 is 0. The number of nitrogens with two attached hydrogens (primary N) is 1. The number of aliphatic hydroxyl groups excluding tert-OH is 2. The van der Waals surface area contributed by atoms with E-state index in [1.54, 1.807) is 5.57 Å². The summed E-state index contributed by atoms with van der Waals surface area (Å²) in [5.41, 5.74) is 9.53. The van der Waals surface area contributed by atoms with Gasteiger partial charge in [0.2, 0.25) is 0 Å². The molecule has 8 atom stereocenters. The standard InChI is InChI=1S/C20H33NO2/c1-3-11-4-5-14-13(11)6-7-15-17(14)19(23)18(22)16-10-12(21)8-9-20(15,16)2/h11-12,15-19,22-23H,3-10,21H2,1-2H3/t11-,12+,15?,16?,17?,18+,19+,20+/m0/s1. The van der Waals surface area contributed by atoms with Crippen LogP contribution in [-0.4, -0.2) is 28.5 Å². The predicted octanol–water partition coefficient (Wildman–Crippen LogP) is 3.00. The summed E-state index contributed by atoms with van der Waals surface area (Å²) in [6, 6.07) is 0.195. The Kier molecular flexibility index (Phi) is 3.90. The fourth-order valence-electron chi connectivity index (χ4n) is 6.88. The maximum absolute atomic E-state index is 11.0. The average molecular weight is 319 g/mol. The van der Waals surface area contributed by atoms with Crippen LogP contribution in [0.5, 0.6) is 0 Å². The van der Waals surface area contributed by atoms with Gasteiger partial charge in [0.15, 0.2) is 0 Å². The van der Waals surface area contributed by atoms with Gasteiger partial charge in [0.25, 0.3) is 0 Å². The van der Waals surface area contributed by atoms with Gasteiger partial charge in [-0.25, -0.2) is 0 Å². The van der Waals surface area contributed by atoms with Crippen molar-refractivity contribution < 1.29 is 10.2 Å². The van der Waals surface area contributed by atoms with Gasteiger partial charge in [-0.2, -0.15) is 0 Å². The van der Waals surface area contributed by atoms with Crippen LogP contribution in [-0.2, 0) is 0 Å². The molecule has 3 nitrogen and oxygen atoms in total. The highest BCUT2D eigenvalue weighted by atomic mass is 16.3. The molecule has 4 aliphatic rings. The van der Waals surface area contributed by atoms with Crippen LogP contribution in [0.2, 0.25) is 0 Å². The van der Waals surface area contributed by atoms with Gasteiger partial charge in [-0.05, 0) is 74.5 Å². The first kappa shape index (κ1) is 16.1. The molecule has 0 aromatic carbocycles. The molecular formula is C20H33NO2. The maximum Gasteiger partial charge on any atom is 0.0870 e. The molecule has 0 aliphatic heterocycles. The van der Waals surface area contributed by atoms with Crippen LogP contribution >= 0.6 is 0 Å². The third kappa shape index (κ3) is 2.19. The van der Waals surface area contributed by atoms with E-state index in [2.05, 4.69) is 13.8 Å². The normalized spacial score (nSPS) is 52.8. The first-order chi connectivity index (χ1) is 11.0. The highest BCUT2D eigenvalue weighted by Crippen LogP contribution is 2.62. The van der Waals surface area contributed by atoms with Gasteiger partial charge >= 0.3 is 0 Å². The van der Waals surface area contributed by atoms with E-state index in [0.29, 0.717) is 5.92 Å². The molecule has 2 fully saturated rings. The van der Waals surface area contributed by atoms with Crippen LogP contribution in [0.15, 0.2) is 11.1 Å². The van der Waals surface area contributed by atoms with E-state index in [9.17, 15) is 10.2 Å². The fourth-order valence-corrected chi connectivity index (χ4v) is 6.88. The molecule has 0 saturated heterocycles. The summed E-state index contributed by atoms with van der Waals surface area (Å²) < 4.78 is 0. The number of fused-ring (bicyclic) bond motifs is 4. The molecule has 0 spiro atoms. The van der Waals surface area contributed by atoms with Crippen LogP contribution in [0.1, 0.15) is 65.2 Å². The highest BCUT2D eigenvalue weighted by Gasteiger charge is 2.59. The van der Waals surface area contributed by atoms with Crippen molar-refractivity contribution >= 4 is 0 Å². The van der Waals surface area contributed by atoms with Gasteiger partial charge in [-0.15, -0.1) is 0 Å². The van der Waals surface area contributed by atoms with Crippen molar-refractivity contribution in [3.63, 3.8) is 0 Å². The Morgan fingerprint density at radius 2 is 1.78 bits per heavy atom. The first-order valence-corrected chi connectivity index (χ1v) is 9.81. The predicted molar refractivity (Wildman–Crippen MR) is 91.7 cm³/mol. The zero-order valence-corrected chi connectivity index (χ0v) is 14.7. The van der Waals surface area contributed by atoms with Crippen LogP contribution in [0, 0.1) is 29.1 Å². The molecule has 130 valence electrons. The lowest BCUT2D eigenvalue weighted by molar-refractivity contribution is -0.172. The number of aliphatic hydroxyl groups is 2. The van der Waals surface area contributed by atoms with Gasteiger partial charge < -0.3 is 15.9 Å². The Hall–Kier alpha value is -0.380. The summed E-state index contributed by atoms with van der Waals surface area (Å²) in [6.07, 6.45) is 7.96. The molecule has 0 radical (unpaired) electrons. The topological polar surface area (TPSA) is 66.5 Å². The van der Waals surface area contributed by atoms with Gasteiger partial charge in [0, 0.05) is 12.0 Å². The third-order valence-electron chi connectivity index (χ3n) is 8.16. The van der Waals surface area contributed by atoms with Crippen LogP contribution in [0.3, 0.4) is 0 Å². The Bertz CT molecular complexity index is 516. The van der Waals surface area contributed by atoms with Crippen LogP contribution in [0.4, 0.5) is 0 Å². The van der Waals surface area contributed by atoms with Crippen molar-refractivity contribution in [2.75, 3.05) is 0 Å². The summed E-state index contributed by atoms with van der Waals surface area (Å²) in [6.45, 7) is 4.67. The summed E-state index contributed by atoms with van der Waals surface area (Å²) in [7, 11) is 0. The second kappa shape index (κ2) is 5.57. The number of rotatable bonds is 1. The molecule has 3 unspecified atom stereocenters. The van der Waals surface area contributed by atoms with Crippen molar-refractivity contribution in [2.45, 2.75) is 83.5 Å². The Morgan fingerprint density at radius 3 is 2.52 bits per heavy atom. The molecule has 23 heavy (non-hydrogen) atoms. The highest BCUT2D eigenvalue weighted by molar-refractivity contribution is 5.32. The van der Waals surface area contributed by atoms with Crippen molar-refractivity contribution in [2.24, 2.45) is 34.8 Å². The van der Waals surface area contributed by atoms with Crippen molar-refractivity contribution in [3.8, 4) is 0 Å². The molecule has 4 rings (SSSR count). The molecule has 4 N–H and O–H groups in total. The van der Waals surface area contributed by atoms with Gasteiger partial charge in [0.1, 0.15) is 0 Å². The third-order valence-corrected chi connectivity index (χ3v) is 8.16. The monoisotopic (exact) mass is 319 g/mol. The zero-order chi connectivity index (χ0) is 16.4. The molecule has 0 aromatic rings. The van der Waals surface area contributed by atoms with Crippen LogP contribution < -0.4 is 5.73 Å². The minimum Gasteiger partial charge on any atom is -0.390 e. The van der Waals surface area contributed by atoms with E-state index in [1.165, 1.54) is 31.3 Å². The zero-order valence-electron chi connectivity index (χ0n) is 14.7. The maximum atomic E-state index is 11.0. The second-order valence-electron chi connectivity index (χ2n) is 8.99. The minimum atomic E-state index is -0.597. The second-order valence-corrected chi connectivity index (χ2v) is 8.99. The van der Waals surface area contributed by atoms with Crippen molar-refractivity contribution in [1.82, 2.24) is 0 Å². The Morgan fingerprint density at radius 1 is 1.04 bits per heavy atom. The smallest absolute Gasteiger partial charge is 0.0870 e. The lowest BCUT2D eigenvalue weighted by atomic mass is 9.47. The van der Waals surface area contributed by atoms with Gasteiger partial charge in [-0.1, -0.05) is 25.0 Å². The first-order valence-electron chi connectivity index (χ1n) is 9.81. The molecule has 2 saturated carbocycles. The molecule has 0 aromatic heterocycles. The quantitative estimate of drug-likeness (QED) is 0.651. The molecule has 0 bridgehead atoms. The lowest BCUT2D eigenvalue weighted by Gasteiger charge is -2.60. The Labute approximate surface area is 140 Å². The molecular weight excluding hydrogens is 286 g/mol. The molecule has 0 amide bonds. The van der Waals surface area contributed by atoms with E-state index in [1.807, 2.05) is 0 Å². The number of hydrogen-bond donors (Lipinski definition) is 3. The molecule has 4 aliphatic carbocycles. The van der Waals surface area contributed by atoms with Gasteiger partial charge in [-0.3, -0.25) is 0 Å². The van der Waals surface area contributed by atoms with E-state index >= 15 is 0 Å². The number of allylic oxidation sites excluding steroid dienone is 1. The molecule has 0 heterocycles. The average Bonchev–Trinajstić information content (AvgIpc) is 2.97. The van der Waals surface area contributed by atoms with Crippen molar-refractivity contribution in [3.05, 3.63) is 11.1 Å². The van der Waals surface area contributed by atoms with E-state index < -0.39 is 12.2 Å². The SMILES string of the molecule is CC[C@H]1CCC2=C1CCC1C2[C@@H](O)[C@H](O)C2C[C@H](N)CC[C@]12C. The van der Waals surface area contributed by atoms with E-state index in [4.69, 9.17) is 5.73 Å². The minimum absolute atomic E-state index is 0.155. The largest absolute Gasteiger partial charge is 0.390 e. The fraction of sp³-hybridized carbons (Fsp3) is 0.900. The van der Waals surface area contributed by atoms with Crippen molar-refractivity contribution in [1.29, 1.82) is 0 Å². The lowest BCUT2D eigenvalue weighted by Crippen LogP contribution is -2.61. The number of hydrogen-bond acceptors (Lipinski definition) is 3. The van der Waals surface area contributed by atoms with Crippen LogP contribution in [0.25, 0.3) is 0 Å². The summed E-state index contributed by atoms with van der Waals surface area (Å²) in [5.74, 6) is 1.65. The molecule has 3 heteroatoms. The van der Waals surface area contributed by atoms with E-state index in [0.717, 1.165) is 31.6 Å². The summed E-state index contributed by atoms with van der Waals surface area (Å²) in [5, 5.41) is 21.9. The Balaban J connectivity index is 1.72. The van der Waals surface area contributed by atoms with Gasteiger partial charge in [0.05, 0.1) is 12.2 Å². The summed E-state index contributed by atoms with van der Waals surface area (Å²) in [4.78, 5) is 0. The van der Waals surface area contributed by atoms with E-state index in [-0.39, 0.29) is 23.3 Å².